The Balaban J connectivity index is 0.738. The molecule has 1 unspecified atom stereocenters. The number of fused-ring (bicyclic) bond motifs is 3. The first-order chi connectivity index (χ1) is 30.3. The molecule has 7 heterocycles. The van der Waals surface area contributed by atoms with Gasteiger partial charge in [0.05, 0.1) is 12.1 Å². The van der Waals surface area contributed by atoms with Gasteiger partial charge in [0.2, 0.25) is 23.6 Å². The van der Waals surface area contributed by atoms with E-state index >= 15 is 0 Å². The molecule has 1 atom stereocenters. The quantitative estimate of drug-likeness (QED) is 0.193. The van der Waals surface area contributed by atoms with Crippen LogP contribution in [0.15, 0.2) is 73.1 Å². The van der Waals surface area contributed by atoms with E-state index in [0.717, 1.165) is 83.8 Å². The fraction of sp³-hybridized carbons (Fsp3) is 0.383. The minimum Gasteiger partial charge on any atom is -0.474 e. The zero-order chi connectivity index (χ0) is 43.6. The van der Waals surface area contributed by atoms with Crippen LogP contribution in [0.1, 0.15) is 55.1 Å². The summed E-state index contributed by atoms with van der Waals surface area (Å²) >= 11 is 0. The Morgan fingerprint density at radius 1 is 0.873 bits per heavy atom. The first kappa shape index (κ1) is 40.3. The van der Waals surface area contributed by atoms with Gasteiger partial charge >= 0.3 is 6.09 Å². The lowest BCUT2D eigenvalue weighted by atomic mass is 9.99. The molecule has 63 heavy (non-hydrogen) atoms. The van der Waals surface area contributed by atoms with Crippen molar-refractivity contribution < 1.29 is 28.7 Å². The predicted molar refractivity (Wildman–Crippen MR) is 239 cm³/mol. The molecular weight excluding hydrogens is 801 g/mol. The van der Waals surface area contributed by atoms with Crippen LogP contribution in [0.2, 0.25) is 0 Å². The van der Waals surface area contributed by atoms with Gasteiger partial charge in [0.15, 0.2) is 0 Å². The molecule has 0 saturated carbocycles. The Morgan fingerprint density at radius 3 is 2.41 bits per heavy atom. The van der Waals surface area contributed by atoms with Crippen LogP contribution in [0.4, 0.5) is 33.5 Å². The Hall–Kier alpha value is -6.81. The van der Waals surface area contributed by atoms with Crippen molar-refractivity contribution in [2.45, 2.75) is 64.8 Å². The maximum atomic E-state index is 13.2. The Kier molecular flexibility index (Phi) is 10.1. The summed E-state index contributed by atoms with van der Waals surface area (Å²) in [6.45, 7) is 14.3. The van der Waals surface area contributed by atoms with Crippen LogP contribution < -0.4 is 30.1 Å². The second-order valence-electron chi connectivity index (χ2n) is 17.9. The zero-order valence-corrected chi connectivity index (χ0v) is 35.9. The van der Waals surface area contributed by atoms with Crippen molar-refractivity contribution in [3.63, 3.8) is 0 Å². The number of aromatic nitrogens is 3. The highest BCUT2D eigenvalue weighted by Gasteiger charge is 2.40. The van der Waals surface area contributed by atoms with Crippen molar-refractivity contribution in [2.75, 3.05) is 72.4 Å². The lowest BCUT2D eigenvalue weighted by Gasteiger charge is -2.49. The van der Waals surface area contributed by atoms with E-state index in [1.165, 1.54) is 5.69 Å². The van der Waals surface area contributed by atoms with E-state index in [2.05, 4.69) is 65.6 Å². The normalized spacial score (nSPS) is 19.4. The molecule has 0 radical (unpaired) electrons. The number of pyridine rings is 1. The summed E-state index contributed by atoms with van der Waals surface area (Å²) in [5.74, 6) is 0.0862. The minimum atomic E-state index is -0.633. The topological polar surface area (TPSA) is 166 Å². The molecule has 5 aliphatic rings. The summed E-state index contributed by atoms with van der Waals surface area (Å²) in [5.41, 5.74) is 8.12. The van der Waals surface area contributed by atoms with Crippen molar-refractivity contribution in [1.29, 1.82) is 0 Å². The summed E-state index contributed by atoms with van der Waals surface area (Å²) in [4.78, 5) is 75.0. The molecule has 4 amide bonds. The van der Waals surface area contributed by atoms with E-state index in [-0.39, 0.29) is 24.1 Å². The highest BCUT2D eigenvalue weighted by Crippen LogP contribution is 2.40. The Labute approximate surface area is 365 Å². The molecule has 3 fully saturated rings. The number of carbonyl (C=O) groups is 4. The zero-order valence-electron chi connectivity index (χ0n) is 35.9. The number of nitrogens with one attached hydrogen (secondary N) is 2. The summed E-state index contributed by atoms with van der Waals surface area (Å²) in [5, 5.41) is 6.65. The number of rotatable bonds is 7. The number of piperidine rings is 1. The van der Waals surface area contributed by atoms with Gasteiger partial charge in [-0.1, -0.05) is 12.1 Å². The number of imide groups is 1. The van der Waals surface area contributed by atoms with Crippen molar-refractivity contribution in [3.8, 4) is 17.0 Å². The first-order valence-electron chi connectivity index (χ1n) is 21.6. The largest absolute Gasteiger partial charge is 0.474 e. The maximum absolute atomic E-state index is 13.2. The molecule has 5 aliphatic heterocycles. The molecule has 16 nitrogen and oxygen atoms in total. The highest BCUT2D eigenvalue weighted by atomic mass is 16.6. The number of ether oxygens (including phenoxy) is 2. The van der Waals surface area contributed by atoms with Gasteiger partial charge in [-0.15, -0.1) is 0 Å². The fourth-order valence-electron chi connectivity index (χ4n) is 9.26. The van der Waals surface area contributed by atoms with E-state index in [1.807, 2.05) is 64.2 Å². The number of piperazine rings is 1. The van der Waals surface area contributed by atoms with E-state index in [4.69, 9.17) is 14.5 Å². The Morgan fingerprint density at radius 2 is 1.65 bits per heavy atom. The molecule has 0 aliphatic carbocycles. The minimum absolute atomic E-state index is 0.144. The van der Waals surface area contributed by atoms with Gasteiger partial charge < -0.3 is 29.5 Å². The average molecular weight is 851 g/mol. The number of amides is 4. The second kappa shape index (κ2) is 15.8. The SMILES string of the molecule is Cc1c(-c2ccc3cnc(Nc4ccc(N5CCN(C6CN(c7ccc8c(c7)CN(C7CCC(=O)NC7=O)C8=O)C6)CC5)cc4)nc3c2)cnc2c1N(C(=O)OC(C)(C)C)CCO2. The van der Waals surface area contributed by atoms with Crippen LogP contribution in [0.5, 0.6) is 5.88 Å². The van der Waals surface area contributed by atoms with Gasteiger partial charge in [-0.25, -0.2) is 19.7 Å². The number of hydrogen-bond acceptors (Lipinski definition) is 13. The van der Waals surface area contributed by atoms with Gasteiger partial charge in [-0.3, -0.25) is 29.5 Å². The third kappa shape index (κ3) is 7.83. The number of benzene rings is 3. The molecular formula is C47H50N10O6. The monoisotopic (exact) mass is 850 g/mol. The summed E-state index contributed by atoms with van der Waals surface area (Å²) in [7, 11) is 0. The van der Waals surface area contributed by atoms with Crippen LogP contribution in [0, 0.1) is 6.92 Å². The van der Waals surface area contributed by atoms with Crippen molar-refractivity contribution >= 4 is 63.4 Å². The van der Waals surface area contributed by atoms with Crippen molar-refractivity contribution in [2.24, 2.45) is 0 Å². The van der Waals surface area contributed by atoms with Gasteiger partial charge in [0.25, 0.3) is 5.91 Å². The number of anilines is 5. The molecule has 0 spiro atoms. The third-order valence-corrected chi connectivity index (χ3v) is 12.7. The number of nitrogens with zero attached hydrogens (tertiary/aromatic N) is 8. The van der Waals surface area contributed by atoms with E-state index in [9.17, 15) is 19.2 Å². The third-order valence-electron chi connectivity index (χ3n) is 12.7. The highest BCUT2D eigenvalue weighted by molar-refractivity contribution is 6.05. The van der Waals surface area contributed by atoms with E-state index < -0.39 is 17.7 Å². The lowest BCUT2D eigenvalue weighted by molar-refractivity contribution is -0.136. The summed E-state index contributed by atoms with van der Waals surface area (Å²) < 4.78 is 11.5. The Bertz CT molecular complexity index is 2650. The van der Waals surface area contributed by atoms with E-state index in [1.54, 1.807) is 16.0 Å². The maximum Gasteiger partial charge on any atom is 0.415 e. The molecule has 3 saturated heterocycles. The molecule has 10 rings (SSSR count). The van der Waals surface area contributed by atoms with Crippen LogP contribution >= 0.6 is 0 Å². The van der Waals surface area contributed by atoms with Crippen LogP contribution in [-0.2, 0) is 20.9 Å². The smallest absolute Gasteiger partial charge is 0.415 e. The van der Waals surface area contributed by atoms with Gasteiger partial charge in [-0.05, 0) is 99.3 Å². The summed E-state index contributed by atoms with van der Waals surface area (Å²) in [6.07, 6.45) is 3.77. The molecule has 2 N–H and O–H groups in total. The van der Waals surface area contributed by atoms with E-state index in [0.29, 0.717) is 55.2 Å². The second-order valence-corrected chi connectivity index (χ2v) is 17.9. The molecule has 2 aromatic heterocycles. The molecule has 3 aromatic carbocycles. The fourth-order valence-corrected chi connectivity index (χ4v) is 9.26. The standard InChI is InChI=1S/C47H50N10O6/c1-28-37(24-48-43-41(28)56(19-20-62-43)46(61)63-47(2,3)4)29-5-6-30-23-49-45(51-38(30)22-29)50-32-7-9-33(10-8-32)53-15-17-54(18-16-53)35-26-55(27-35)34-11-12-36-31(21-34)25-57(44(36)60)39-13-14-40(58)52-42(39)59/h5-12,21-24,35,39H,13-20,25-27H2,1-4H3,(H,49,50,51)(H,52,58,59). The van der Waals surface area contributed by atoms with Crippen LogP contribution in [-0.4, -0.2) is 119 Å². The average Bonchev–Trinajstić information content (AvgIpc) is 3.57. The molecule has 16 heteroatoms. The van der Waals surface area contributed by atoms with Gasteiger partial charge in [0, 0.05) is 104 Å². The summed E-state index contributed by atoms with van der Waals surface area (Å²) in [6, 6.07) is 20.2. The van der Waals surface area contributed by atoms with Gasteiger partial charge in [-0.2, -0.15) is 0 Å². The molecule has 324 valence electrons. The lowest BCUT2D eigenvalue weighted by Crippen LogP contribution is -2.63. The van der Waals surface area contributed by atoms with Crippen molar-refractivity contribution in [3.05, 3.63) is 89.7 Å². The predicted octanol–water partition coefficient (Wildman–Crippen LogP) is 5.65. The van der Waals surface area contributed by atoms with Crippen molar-refractivity contribution in [1.82, 2.24) is 30.1 Å². The number of carbonyl (C=O) groups excluding carboxylic acids is 4. The van der Waals surface area contributed by atoms with Crippen LogP contribution in [0.3, 0.4) is 0 Å². The number of hydrogen-bond donors (Lipinski definition) is 2. The molecule has 5 aromatic rings. The molecule has 0 bridgehead atoms. The first-order valence-corrected chi connectivity index (χ1v) is 21.6. The van der Waals surface area contributed by atoms with Crippen LogP contribution in [0.25, 0.3) is 22.0 Å². The van der Waals surface area contributed by atoms with Gasteiger partial charge in [0.1, 0.15) is 23.9 Å².